The molecule has 124 valence electrons. The number of carboxylic acid groups (broad SMARTS) is 1. The van der Waals surface area contributed by atoms with Gasteiger partial charge in [-0.15, -0.1) is 11.8 Å². The van der Waals surface area contributed by atoms with Gasteiger partial charge in [-0.05, 0) is 28.9 Å². The van der Waals surface area contributed by atoms with Crippen molar-refractivity contribution in [1.82, 2.24) is 5.32 Å². The van der Waals surface area contributed by atoms with Crippen LogP contribution in [0, 0.1) is 0 Å². The molecule has 1 amide bonds. The predicted octanol–water partition coefficient (Wildman–Crippen LogP) is 3.35. The number of nitrogens with one attached hydrogen (secondary N) is 1. The van der Waals surface area contributed by atoms with Crippen molar-refractivity contribution in [2.75, 3.05) is 5.75 Å². The molecule has 0 aliphatic carbocycles. The number of carboxylic acids is 1. The minimum absolute atomic E-state index is 0.123. The number of benzene rings is 2. The minimum Gasteiger partial charge on any atom is -0.481 e. The lowest BCUT2D eigenvalue weighted by Crippen LogP contribution is -2.34. The monoisotopic (exact) mass is 341 g/mol. The summed E-state index contributed by atoms with van der Waals surface area (Å²) in [5.74, 6) is -0.160. The third-order valence-electron chi connectivity index (χ3n) is 4.13. The van der Waals surface area contributed by atoms with Gasteiger partial charge >= 0.3 is 5.97 Å². The van der Waals surface area contributed by atoms with Crippen molar-refractivity contribution in [2.24, 2.45) is 0 Å². The highest BCUT2D eigenvalue weighted by atomic mass is 32.2. The van der Waals surface area contributed by atoms with Crippen molar-refractivity contribution in [2.45, 2.75) is 24.1 Å². The van der Waals surface area contributed by atoms with E-state index in [0.717, 1.165) is 23.3 Å². The Bertz CT molecular complexity index is 732. The highest BCUT2D eigenvalue weighted by Crippen LogP contribution is 2.37. The quantitative estimate of drug-likeness (QED) is 0.875. The Hall–Kier alpha value is -2.27. The Kier molecular flexibility index (Phi) is 5.20. The average molecular weight is 341 g/mol. The summed E-state index contributed by atoms with van der Waals surface area (Å²) in [5, 5.41) is 11.8. The van der Waals surface area contributed by atoms with Crippen LogP contribution in [-0.2, 0) is 16.0 Å². The number of carbonyl (C=O) groups excluding carboxylic acids is 1. The third kappa shape index (κ3) is 3.79. The van der Waals surface area contributed by atoms with E-state index >= 15 is 0 Å². The van der Waals surface area contributed by atoms with E-state index in [0.29, 0.717) is 0 Å². The second-order valence-corrected chi connectivity index (χ2v) is 6.98. The zero-order valence-corrected chi connectivity index (χ0v) is 14.0. The van der Waals surface area contributed by atoms with Crippen LogP contribution in [0.25, 0.3) is 0 Å². The molecule has 24 heavy (non-hydrogen) atoms. The molecule has 0 aromatic heterocycles. The molecule has 1 aliphatic rings. The van der Waals surface area contributed by atoms with Gasteiger partial charge in [0, 0.05) is 0 Å². The largest absolute Gasteiger partial charge is 0.481 e. The molecule has 0 fully saturated rings. The molecule has 2 aromatic carbocycles. The zero-order chi connectivity index (χ0) is 16.9. The van der Waals surface area contributed by atoms with Crippen molar-refractivity contribution in [3.8, 4) is 0 Å². The first-order valence-corrected chi connectivity index (χ1v) is 8.96. The van der Waals surface area contributed by atoms with Gasteiger partial charge in [0.15, 0.2) is 0 Å². The lowest BCUT2D eigenvalue weighted by atomic mass is 9.99. The molecule has 0 spiro atoms. The summed E-state index contributed by atoms with van der Waals surface area (Å²) in [7, 11) is 0. The number of rotatable bonds is 5. The highest BCUT2D eigenvalue weighted by molar-refractivity contribution is 8.00. The molecule has 5 heteroatoms. The number of hydrogen-bond acceptors (Lipinski definition) is 3. The first-order valence-electron chi connectivity index (χ1n) is 7.91. The summed E-state index contributed by atoms with van der Waals surface area (Å²) in [6, 6.07) is 16.7. The van der Waals surface area contributed by atoms with E-state index in [1.54, 1.807) is 11.8 Å². The molecule has 0 radical (unpaired) electrons. The van der Waals surface area contributed by atoms with Gasteiger partial charge in [0.25, 0.3) is 0 Å². The van der Waals surface area contributed by atoms with E-state index in [2.05, 4.69) is 11.4 Å². The second kappa shape index (κ2) is 7.53. The zero-order valence-electron chi connectivity index (χ0n) is 13.1. The standard InChI is InChI=1S/C19H19NO3S/c21-17(22)12-16(14-7-2-1-3-8-14)20-19(23)18-15-9-5-4-6-13(15)10-11-24-18/h1-9,16,18H,10-12H2,(H,20,23)(H,21,22). The second-order valence-electron chi connectivity index (χ2n) is 5.77. The number of aliphatic carboxylic acids is 1. The highest BCUT2D eigenvalue weighted by Gasteiger charge is 2.29. The fourth-order valence-corrected chi connectivity index (χ4v) is 4.17. The Labute approximate surface area is 145 Å². The summed E-state index contributed by atoms with van der Waals surface area (Å²) in [4.78, 5) is 24.0. The van der Waals surface area contributed by atoms with Gasteiger partial charge < -0.3 is 10.4 Å². The fourth-order valence-electron chi connectivity index (χ4n) is 2.97. The molecule has 2 atom stereocenters. The molecule has 0 saturated heterocycles. The van der Waals surface area contributed by atoms with E-state index < -0.39 is 12.0 Å². The van der Waals surface area contributed by atoms with E-state index in [4.69, 9.17) is 5.11 Å². The number of amides is 1. The Morgan fingerprint density at radius 1 is 1.12 bits per heavy atom. The molecule has 2 aromatic rings. The van der Waals surface area contributed by atoms with Crippen LogP contribution in [0.15, 0.2) is 54.6 Å². The summed E-state index contributed by atoms with van der Waals surface area (Å²) < 4.78 is 0. The number of carbonyl (C=O) groups is 2. The molecule has 2 N–H and O–H groups in total. The van der Waals surface area contributed by atoms with Crippen molar-refractivity contribution in [3.63, 3.8) is 0 Å². The van der Waals surface area contributed by atoms with Crippen LogP contribution in [0.5, 0.6) is 0 Å². The minimum atomic E-state index is -0.930. The van der Waals surface area contributed by atoms with Gasteiger partial charge in [-0.25, -0.2) is 0 Å². The summed E-state index contributed by atoms with van der Waals surface area (Å²) in [5.41, 5.74) is 3.04. The molecule has 1 aliphatic heterocycles. The molecule has 3 rings (SSSR count). The van der Waals surface area contributed by atoms with Crippen LogP contribution in [0.3, 0.4) is 0 Å². The van der Waals surface area contributed by atoms with Crippen molar-refractivity contribution in [3.05, 3.63) is 71.3 Å². The number of thioether (sulfide) groups is 1. The number of hydrogen-bond donors (Lipinski definition) is 2. The van der Waals surface area contributed by atoms with E-state index in [1.165, 1.54) is 5.56 Å². The van der Waals surface area contributed by atoms with Crippen LogP contribution in [0.4, 0.5) is 0 Å². The van der Waals surface area contributed by atoms with Gasteiger partial charge in [0.05, 0.1) is 12.5 Å². The maximum absolute atomic E-state index is 12.8. The number of aryl methyl sites for hydroxylation is 1. The lowest BCUT2D eigenvalue weighted by Gasteiger charge is -2.26. The molecule has 0 bridgehead atoms. The molecular formula is C19H19NO3S. The van der Waals surface area contributed by atoms with Crippen molar-refractivity contribution in [1.29, 1.82) is 0 Å². The number of fused-ring (bicyclic) bond motifs is 1. The summed E-state index contributed by atoms with van der Waals surface area (Å²) in [6.07, 6.45) is 0.830. The van der Waals surface area contributed by atoms with E-state index in [1.807, 2.05) is 48.5 Å². The van der Waals surface area contributed by atoms with Crippen LogP contribution in [-0.4, -0.2) is 22.7 Å². The predicted molar refractivity (Wildman–Crippen MR) is 94.9 cm³/mol. The Morgan fingerprint density at radius 3 is 2.58 bits per heavy atom. The maximum Gasteiger partial charge on any atom is 0.305 e. The van der Waals surface area contributed by atoms with Crippen molar-refractivity contribution >= 4 is 23.6 Å². The van der Waals surface area contributed by atoms with Crippen LogP contribution in [0.2, 0.25) is 0 Å². The van der Waals surface area contributed by atoms with Gasteiger partial charge in [0.1, 0.15) is 5.25 Å². The summed E-state index contributed by atoms with van der Waals surface area (Å²) >= 11 is 1.61. The Balaban J connectivity index is 1.80. The molecule has 1 heterocycles. The maximum atomic E-state index is 12.8. The summed E-state index contributed by atoms with van der Waals surface area (Å²) in [6.45, 7) is 0. The topological polar surface area (TPSA) is 66.4 Å². The Morgan fingerprint density at radius 2 is 1.83 bits per heavy atom. The SMILES string of the molecule is O=C(O)CC(NC(=O)C1SCCc2ccccc21)c1ccccc1. The first kappa shape index (κ1) is 16.6. The van der Waals surface area contributed by atoms with Gasteiger partial charge in [-0.1, -0.05) is 54.6 Å². The molecule has 4 nitrogen and oxygen atoms in total. The van der Waals surface area contributed by atoms with E-state index in [9.17, 15) is 9.59 Å². The van der Waals surface area contributed by atoms with Crippen LogP contribution in [0.1, 0.15) is 34.4 Å². The molecule has 2 unspecified atom stereocenters. The smallest absolute Gasteiger partial charge is 0.305 e. The van der Waals surface area contributed by atoms with Crippen molar-refractivity contribution < 1.29 is 14.7 Å². The van der Waals surface area contributed by atoms with Crippen LogP contribution < -0.4 is 5.32 Å². The van der Waals surface area contributed by atoms with Crippen LogP contribution >= 0.6 is 11.8 Å². The lowest BCUT2D eigenvalue weighted by molar-refractivity contribution is -0.137. The molecular weight excluding hydrogens is 322 g/mol. The third-order valence-corrected chi connectivity index (χ3v) is 5.37. The molecule has 0 saturated carbocycles. The van der Waals surface area contributed by atoms with Gasteiger partial charge in [0.2, 0.25) is 5.91 Å². The van der Waals surface area contributed by atoms with Gasteiger partial charge in [-0.2, -0.15) is 0 Å². The normalized spacial score (nSPS) is 17.6. The fraction of sp³-hybridized carbons (Fsp3) is 0.263. The van der Waals surface area contributed by atoms with E-state index in [-0.39, 0.29) is 17.6 Å². The average Bonchev–Trinajstić information content (AvgIpc) is 2.61. The van der Waals surface area contributed by atoms with Gasteiger partial charge in [-0.3, -0.25) is 9.59 Å². The first-order chi connectivity index (χ1) is 11.6.